The van der Waals surface area contributed by atoms with Crippen LogP contribution in [0.5, 0.6) is 5.75 Å². The van der Waals surface area contributed by atoms with Gasteiger partial charge in [-0.1, -0.05) is 0 Å². The lowest BCUT2D eigenvalue weighted by Gasteiger charge is -2.30. The number of anilines is 2. The van der Waals surface area contributed by atoms with Crippen LogP contribution < -0.4 is 20.7 Å². The lowest BCUT2D eigenvalue weighted by Crippen LogP contribution is -2.40. The molecule has 0 atom stereocenters. The van der Waals surface area contributed by atoms with Crippen molar-refractivity contribution in [2.45, 2.75) is 50.9 Å². The molecule has 3 N–H and O–H groups in total. The average molecular weight is 437 g/mol. The van der Waals surface area contributed by atoms with Crippen LogP contribution in [0.1, 0.15) is 48.7 Å². The molecule has 1 aromatic heterocycles. The molecule has 1 saturated carbocycles. The van der Waals surface area contributed by atoms with Gasteiger partial charge in [-0.3, -0.25) is 4.79 Å². The SMILES string of the molecule is CCNc1nc(NC2CCC(NC(=O)c3ccc(OC)cc3)CC2)cc(C(F)(F)F)n1. The van der Waals surface area contributed by atoms with Gasteiger partial charge in [-0.05, 0) is 56.9 Å². The van der Waals surface area contributed by atoms with Gasteiger partial charge in [-0.25, -0.2) is 4.98 Å². The third-order valence-corrected chi connectivity index (χ3v) is 5.12. The molecule has 168 valence electrons. The van der Waals surface area contributed by atoms with Crippen LogP contribution in [-0.2, 0) is 6.18 Å². The number of alkyl halides is 3. The molecule has 7 nitrogen and oxygen atoms in total. The Morgan fingerprint density at radius 1 is 1.10 bits per heavy atom. The number of carbonyl (C=O) groups is 1. The normalized spacial score (nSPS) is 18.9. The van der Waals surface area contributed by atoms with Crippen molar-refractivity contribution >= 4 is 17.7 Å². The molecule has 10 heteroatoms. The minimum Gasteiger partial charge on any atom is -0.497 e. The molecule has 1 heterocycles. The first-order valence-corrected chi connectivity index (χ1v) is 10.2. The Hall–Kier alpha value is -3.04. The number of carbonyl (C=O) groups excluding carboxylic acids is 1. The maximum atomic E-state index is 13.1. The van der Waals surface area contributed by atoms with E-state index in [1.807, 2.05) is 0 Å². The van der Waals surface area contributed by atoms with E-state index in [0.717, 1.165) is 18.9 Å². The molecule has 2 aromatic rings. The Kier molecular flexibility index (Phi) is 7.19. The molecule has 0 saturated heterocycles. The van der Waals surface area contributed by atoms with E-state index >= 15 is 0 Å². The van der Waals surface area contributed by atoms with Gasteiger partial charge < -0.3 is 20.7 Å². The van der Waals surface area contributed by atoms with Crippen molar-refractivity contribution in [1.82, 2.24) is 15.3 Å². The lowest BCUT2D eigenvalue weighted by molar-refractivity contribution is -0.141. The number of hydrogen-bond acceptors (Lipinski definition) is 6. The van der Waals surface area contributed by atoms with Crippen LogP contribution in [0.15, 0.2) is 30.3 Å². The number of rotatable bonds is 7. The lowest BCUT2D eigenvalue weighted by atomic mass is 9.91. The van der Waals surface area contributed by atoms with Crippen molar-refractivity contribution in [1.29, 1.82) is 0 Å². The van der Waals surface area contributed by atoms with Crippen LogP contribution in [0, 0.1) is 0 Å². The second kappa shape index (κ2) is 9.84. The van der Waals surface area contributed by atoms with Crippen molar-refractivity contribution < 1.29 is 22.7 Å². The minimum atomic E-state index is -4.55. The highest BCUT2D eigenvalue weighted by atomic mass is 19.4. The van der Waals surface area contributed by atoms with Crippen LogP contribution in [0.3, 0.4) is 0 Å². The molecule has 0 radical (unpaired) electrons. The fourth-order valence-electron chi connectivity index (χ4n) is 3.51. The first-order valence-electron chi connectivity index (χ1n) is 10.2. The molecular weight excluding hydrogens is 411 g/mol. The number of halogens is 3. The van der Waals surface area contributed by atoms with E-state index in [0.29, 0.717) is 30.7 Å². The maximum absolute atomic E-state index is 13.1. The first-order chi connectivity index (χ1) is 14.8. The molecule has 1 fully saturated rings. The van der Waals surface area contributed by atoms with Crippen LogP contribution in [0.25, 0.3) is 0 Å². The summed E-state index contributed by atoms with van der Waals surface area (Å²) < 4.78 is 44.5. The zero-order valence-corrected chi connectivity index (χ0v) is 17.4. The molecule has 3 rings (SSSR count). The number of aromatic nitrogens is 2. The van der Waals surface area contributed by atoms with Crippen molar-refractivity contribution in [3.05, 3.63) is 41.6 Å². The van der Waals surface area contributed by atoms with Gasteiger partial charge in [0.2, 0.25) is 5.95 Å². The van der Waals surface area contributed by atoms with Gasteiger partial charge in [0.25, 0.3) is 5.91 Å². The molecule has 1 aliphatic rings. The predicted octanol–water partition coefficient (Wildman–Crippen LogP) is 4.09. The Labute approximate surface area is 178 Å². The van der Waals surface area contributed by atoms with Crippen LogP contribution in [-0.4, -0.2) is 41.6 Å². The highest BCUT2D eigenvalue weighted by molar-refractivity contribution is 5.94. The van der Waals surface area contributed by atoms with E-state index in [-0.39, 0.29) is 29.8 Å². The summed E-state index contributed by atoms with van der Waals surface area (Å²) in [6, 6.07) is 7.79. The predicted molar refractivity (Wildman–Crippen MR) is 111 cm³/mol. The smallest absolute Gasteiger partial charge is 0.433 e. The number of nitrogens with zero attached hydrogens (tertiary/aromatic N) is 2. The van der Waals surface area contributed by atoms with Crippen molar-refractivity contribution in [3.8, 4) is 5.75 Å². The quantitative estimate of drug-likeness (QED) is 0.605. The van der Waals surface area contributed by atoms with Crippen molar-refractivity contribution in [2.24, 2.45) is 0 Å². The largest absolute Gasteiger partial charge is 0.497 e. The zero-order valence-electron chi connectivity index (χ0n) is 17.4. The molecule has 0 unspecified atom stereocenters. The van der Waals surface area contributed by atoms with E-state index < -0.39 is 11.9 Å². The third kappa shape index (κ3) is 6.22. The molecule has 31 heavy (non-hydrogen) atoms. The van der Waals surface area contributed by atoms with Gasteiger partial charge in [0.15, 0.2) is 5.69 Å². The summed E-state index contributed by atoms with van der Waals surface area (Å²) in [5.41, 5.74) is -0.431. The molecular formula is C21H26F3N5O2. The Morgan fingerprint density at radius 3 is 2.32 bits per heavy atom. The third-order valence-electron chi connectivity index (χ3n) is 5.12. The van der Waals surface area contributed by atoms with Crippen LogP contribution in [0.2, 0.25) is 0 Å². The standard InChI is InChI=1S/C21H26F3N5O2/c1-3-25-20-28-17(21(22,23)24)12-18(29-20)26-14-6-8-15(9-7-14)27-19(30)13-4-10-16(31-2)11-5-13/h4-5,10-12,14-15H,3,6-9H2,1-2H3,(H,27,30)(H2,25,26,28,29). The van der Waals surface area contributed by atoms with E-state index in [9.17, 15) is 18.0 Å². The second-order valence-corrected chi connectivity index (χ2v) is 7.38. The number of hydrogen-bond donors (Lipinski definition) is 3. The monoisotopic (exact) mass is 437 g/mol. The Balaban J connectivity index is 1.56. The van der Waals surface area contributed by atoms with Gasteiger partial charge in [-0.15, -0.1) is 0 Å². The molecule has 0 aliphatic heterocycles. The highest BCUT2D eigenvalue weighted by Gasteiger charge is 2.34. The summed E-state index contributed by atoms with van der Waals surface area (Å²) in [7, 11) is 1.56. The van der Waals surface area contributed by atoms with E-state index in [2.05, 4.69) is 25.9 Å². The Morgan fingerprint density at radius 2 is 1.74 bits per heavy atom. The Bertz CT molecular complexity index is 882. The van der Waals surface area contributed by atoms with Gasteiger partial charge in [-0.2, -0.15) is 18.2 Å². The van der Waals surface area contributed by atoms with Crippen molar-refractivity contribution in [2.75, 3.05) is 24.3 Å². The summed E-state index contributed by atoms with van der Waals surface area (Å²) >= 11 is 0. The van der Waals surface area contributed by atoms with E-state index in [1.165, 1.54) is 0 Å². The number of methoxy groups -OCH3 is 1. The second-order valence-electron chi connectivity index (χ2n) is 7.38. The number of amides is 1. The van der Waals surface area contributed by atoms with Gasteiger partial charge in [0.1, 0.15) is 11.6 Å². The first kappa shape index (κ1) is 22.6. The fraction of sp³-hybridized carbons (Fsp3) is 0.476. The van der Waals surface area contributed by atoms with Gasteiger partial charge in [0, 0.05) is 30.3 Å². The fourth-order valence-corrected chi connectivity index (χ4v) is 3.51. The topological polar surface area (TPSA) is 88.2 Å². The molecule has 1 amide bonds. The summed E-state index contributed by atoms with van der Waals surface area (Å²) in [5.74, 6) is 0.614. The van der Waals surface area contributed by atoms with Crippen molar-refractivity contribution in [3.63, 3.8) is 0 Å². The number of nitrogens with one attached hydrogen (secondary N) is 3. The van der Waals surface area contributed by atoms with Gasteiger partial charge in [0.05, 0.1) is 7.11 Å². The number of benzene rings is 1. The van der Waals surface area contributed by atoms with E-state index in [1.54, 1.807) is 38.3 Å². The minimum absolute atomic E-state index is 0.0149. The highest BCUT2D eigenvalue weighted by Crippen LogP contribution is 2.30. The maximum Gasteiger partial charge on any atom is 0.433 e. The summed E-state index contributed by atoms with van der Waals surface area (Å²) in [6.07, 6.45) is -1.70. The zero-order chi connectivity index (χ0) is 22.4. The average Bonchev–Trinajstić information content (AvgIpc) is 2.74. The van der Waals surface area contributed by atoms with Gasteiger partial charge >= 0.3 is 6.18 Å². The molecule has 0 bridgehead atoms. The molecule has 1 aliphatic carbocycles. The summed E-state index contributed by atoms with van der Waals surface area (Å²) in [5, 5.41) is 8.84. The van der Waals surface area contributed by atoms with Crippen LogP contribution >= 0.6 is 0 Å². The van der Waals surface area contributed by atoms with E-state index in [4.69, 9.17) is 4.74 Å². The summed E-state index contributed by atoms with van der Waals surface area (Å²) in [4.78, 5) is 20.1. The van der Waals surface area contributed by atoms with Crippen LogP contribution in [0.4, 0.5) is 24.9 Å². The molecule has 0 spiro atoms. The number of ether oxygens (including phenoxy) is 1. The molecule has 1 aromatic carbocycles. The summed E-state index contributed by atoms with van der Waals surface area (Å²) in [6.45, 7) is 2.18.